The summed E-state index contributed by atoms with van der Waals surface area (Å²) in [6.45, 7) is 3.47. The van der Waals surface area contributed by atoms with Crippen LogP contribution in [0.1, 0.15) is 57.9 Å². The summed E-state index contributed by atoms with van der Waals surface area (Å²) >= 11 is 5.80. The predicted octanol–water partition coefficient (Wildman–Crippen LogP) is 8.28. The average molecular weight is 757 g/mol. The molecule has 3 aromatic heterocycles. The standard InChI is InChI=1S/C24H20ClF4N3O3.C12H13N3O3/c1-13-30-12-21(34-13)18-7-5-14(10-20(18)33-2)22-31-32-23(35-22)17(4-3-9-25)16-8-6-15(26)11-19(16)24(27,28)29;1-7-14-6-11(18-7)9-4-3-8(12(16)15-13)5-10(9)17-2/h5-8,10-12,17H,3-4,9H2,1-2H3;3-6H,13H2,1-2H3,(H,15,16). The van der Waals surface area contributed by atoms with E-state index in [2.05, 4.69) is 25.6 Å². The van der Waals surface area contributed by atoms with Crippen LogP contribution in [0.3, 0.4) is 0 Å². The maximum absolute atomic E-state index is 13.7. The lowest BCUT2D eigenvalue weighted by molar-refractivity contribution is -0.138. The summed E-state index contributed by atoms with van der Waals surface area (Å²) in [6, 6.07) is 12.6. The molecule has 0 saturated heterocycles. The van der Waals surface area contributed by atoms with Crippen molar-refractivity contribution >= 4 is 17.5 Å². The maximum atomic E-state index is 13.7. The van der Waals surface area contributed by atoms with Crippen molar-refractivity contribution in [2.45, 2.75) is 38.8 Å². The Hall–Kier alpha value is -5.74. The molecule has 0 saturated carbocycles. The second kappa shape index (κ2) is 16.7. The van der Waals surface area contributed by atoms with Crippen molar-refractivity contribution in [1.82, 2.24) is 25.6 Å². The molecule has 1 amide bonds. The molecule has 3 aromatic carbocycles. The molecule has 0 bridgehead atoms. The van der Waals surface area contributed by atoms with Crippen LogP contribution in [0.5, 0.6) is 11.5 Å². The molecular formula is C36H33ClF4N6O6. The number of alkyl halides is 4. The molecule has 0 aliphatic carbocycles. The summed E-state index contributed by atoms with van der Waals surface area (Å²) in [6.07, 6.45) is -0.998. The Morgan fingerprint density at radius 2 is 1.51 bits per heavy atom. The van der Waals surface area contributed by atoms with Gasteiger partial charge in [-0.15, -0.1) is 21.8 Å². The van der Waals surface area contributed by atoms with E-state index in [1.54, 1.807) is 62.6 Å². The van der Waals surface area contributed by atoms with Crippen LogP contribution < -0.4 is 20.7 Å². The molecule has 0 spiro atoms. The zero-order chi connectivity index (χ0) is 38.3. The van der Waals surface area contributed by atoms with Crippen molar-refractivity contribution < 1.29 is 45.1 Å². The fourth-order valence-corrected chi connectivity index (χ4v) is 5.54. The number of nitrogen functional groups attached to an aromatic ring is 1. The Morgan fingerprint density at radius 3 is 2.06 bits per heavy atom. The number of benzene rings is 3. The van der Waals surface area contributed by atoms with Crippen LogP contribution in [0.2, 0.25) is 0 Å². The van der Waals surface area contributed by atoms with Crippen LogP contribution in [-0.4, -0.2) is 46.2 Å². The van der Waals surface area contributed by atoms with E-state index in [1.165, 1.54) is 14.2 Å². The molecule has 53 heavy (non-hydrogen) atoms. The Bertz CT molecular complexity index is 2180. The number of amides is 1. The number of oxazole rings is 2. The SMILES string of the molecule is COc1cc(-c2nnc(C(CCCCl)c3ccc(F)cc3C(F)(F)F)o2)ccc1-c1cnc(C)o1.COc1cc(C(=O)NN)ccc1-c1cnc(C)o1. The molecular weight excluding hydrogens is 724 g/mol. The monoisotopic (exact) mass is 756 g/mol. The number of carbonyl (C=O) groups excluding carboxylic acids is 1. The lowest BCUT2D eigenvalue weighted by Crippen LogP contribution is -2.29. The highest BCUT2D eigenvalue weighted by molar-refractivity contribution is 6.17. The molecule has 6 rings (SSSR count). The first kappa shape index (κ1) is 38.5. The molecule has 0 fully saturated rings. The van der Waals surface area contributed by atoms with Gasteiger partial charge in [0.1, 0.15) is 17.3 Å². The minimum Gasteiger partial charge on any atom is -0.496 e. The third-order valence-electron chi connectivity index (χ3n) is 7.88. The zero-order valence-corrected chi connectivity index (χ0v) is 29.5. The number of carbonyl (C=O) groups is 1. The first-order valence-electron chi connectivity index (χ1n) is 15.9. The first-order chi connectivity index (χ1) is 25.4. The second-order valence-electron chi connectivity index (χ2n) is 11.3. The van der Waals surface area contributed by atoms with Gasteiger partial charge < -0.3 is 22.7 Å². The fraction of sp³-hybridized carbons (Fsp3) is 0.250. The minimum absolute atomic E-state index is 0.0314. The molecule has 17 heteroatoms. The van der Waals surface area contributed by atoms with Crippen molar-refractivity contribution in [2.75, 3.05) is 20.1 Å². The van der Waals surface area contributed by atoms with Crippen molar-refractivity contribution in [2.24, 2.45) is 5.84 Å². The van der Waals surface area contributed by atoms with Crippen LogP contribution in [0, 0.1) is 19.7 Å². The highest BCUT2D eigenvalue weighted by atomic mass is 35.5. The normalized spacial score (nSPS) is 11.8. The van der Waals surface area contributed by atoms with Gasteiger partial charge in [-0.25, -0.2) is 20.2 Å². The fourth-order valence-electron chi connectivity index (χ4n) is 5.38. The first-order valence-corrected chi connectivity index (χ1v) is 16.4. The number of hydrogen-bond acceptors (Lipinski definition) is 11. The van der Waals surface area contributed by atoms with Crippen LogP contribution in [0.15, 0.2) is 80.2 Å². The smallest absolute Gasteiger partial charge is 0.416 e. The van der Waals surface area contributed by atoms with E-state index in [0.29, 0.717) is 64.0 Å². The van der Waals surface area contributed by atoms with Crippen molar-refractivity contribution in [3.05, 3.63) is 107 Å². The van der Waals surface area contributed by atoms with Crippen molar-refractivity contribution in [3.63, 3.8) is 0 Å². The van der Waals surface area contributed by atoms with Gasteiger partial charge in [-0.05, 0) is 66.9 Å². The number of ether oxygens (including phenoxy) is 2. The van der Waals surface area contributed by atoms with Gasteiger partial charge in [0.2, 0.25) is 11.8 Å². The van der Waals surface area contributed by atoms with E-state index in [1.807, 2.05) is 0 Å². The number of methoxy groups -OCH3 is 2. The average Bonchev–Trinajstić information content (AvgIpc) is 3.93. The molecule has 0 aliphatic heterocycles. The quantitative estimate of drug-likeness (QED) is 0.0430. The number of aromatic nitrogens is 4. The van der Waals surface area contributed by atoms with Crippen LogP contribution in [0.4, 0.5) is 17.6 Å². The molecule has 278 valence electrons. The number of hydrazine groups is 1. The Balaban J connectivity index is 0.000000252. The van der Waals surface area contributed by atoms with Gasteiger partial charge in [0.05, 0.1) is 49.2 Å². The lowest BCUT2D eigenvalue weighted by Gasteiger charge is -2.19. The predicted molar refractivity (Wildman–Crippen MR) is 185 cm³/mol. The number of nitrogens with zero attached hydrogens (tertiary/aromatic N) is 4. The summed E-state index contributed by atoms with van der Waals surface area (Å²) in [5.41, 5.74) is 3.10. The van der Waals surface area contributed by atoms with E-state index in [4.69, 9.17) is 40.2 Å². The minimum atomic E-state index is -4.76. The van der Waals surface area contributed by atoms with E-state index in [-0.39, 0.29) is 35.6 Å². The Morgan fingerprint density at radius 1 is 0.887 bits per heavy atom. The number of rotatable bonds is 11. The van der Waals surface area contributed by atoms with E-state index in [0.717, 1.165) is 17.7 Å². The molecule has 0 radical (unpaired) electrons. The van der Waals surface area contributed by atoms with Crippen LogP contribution in [0.25, 0.3) is 34.1 Å². The molecule has 6 aromatic rings. The molecule has 1 unspecified atom stereocenters. The van der Waals surface area contributed by atoms with Gasteiger partial charge >= 0.3 is 6.18 Å². The van der Waals surface area contributed by atoms with Crippen LogP contribution in [-0.2, 0) is 6.18 Å². The lowest BCUT2D eigenvalue weighted by atomic mass is 9.90. The largest absolute Gasteiger partial charge is 0.496 e. The van der Waals surface area contributed by atoms with Gasteiger partial charge in [-0.1, -0.05) is 6.07 Å². The number of nitrogens with two attached hydrogens (primary N) is 1. The number of aryl methyl sites for hydroxylation is 2. The summed E-state index contributed by atoms with van der Waals surface area (Å²) in [7, 11) is 3.01. The van der Waals surface area contributed by atoms with Crippen molar-refractivity contribution in [1.29, 1.82) is 0 Å². The highest BCUT2D eigenvalue weighted by Crippen LogP contribution is 2.41. The zero-order valence-electron chi connectivity index (χ0n) is 28.8. The second-order valence-corrected chi connectivity index (χ2v) is 11.7. The van der Waals surface area contributed by atoms with Crippen LogP contribution >= 0.6 is 11.6 Å². The van der Waals surface area contributed by atoms with E-state index < -0.39 is 23.5 Å². The highest BCUT2D eigenvalue weighted by Gasteiger charge is 2.37. The molecule has 0 aliphatic rings. The number of hydrogen-bond donors (Lipinski definition) is 2. The maximum Gasteiger partial charge on any atom is 0.416 e. The summed E-state index contributed by atoms with van der Waals surface area (Å²) in [4.78, 5) is 19.5. The Kier molecular flexibility index (Phi) is 12.2. The van der Waals surface area contributed by atoms with Gasteiger partial charge in [0.15, 0.2) is 23.3 Å². The Labute approximate surface area is 305 Å². The third kappa shape index (κ3) is 9.02. The number of halogens is 5. The number of nitrogens with one attached hydrogen (secondary N) is 1. The van der Waals surface area contributed by atoms with Gasteiger partial charge in [0, 0.05) is 30.9 Å². The summed E-state index contributed by atoms with van der Waals surface area (Å²) in [5, 5.41) is 8.05. The van der Waals surface area contributed by atoms with E-state index in [9.17, 15) is 22.4 Å². The van der Waals surface area contributed by atoms with Gasteiger partial charge in [-0.2, -0.15) is 13.2 Å². The van der Waals surface area contributed by atoms with E-state index >= 15 is 0 Å². The molecule has 1 atom stereocenters. The van der Waals surface area contributed by atoms with Crippen molar-refractivity contribution in [3.8, 4) is 45.6 Å². The molecule has 12 nitrogen and oxygen atoms in total. The molecule has 3 N–H and O–H groups in total. The summed E-state index contributed by atoms with van der Waals surface area (Å²) in [5.74, 6) is 6.19. The van der Waals surface area contributed by atoms with Gasteiger partial charge in [-0.3, -0.25) is 10.2 Å². The third-order valence-corrected chi connectivity index (χ3v) is 8.15. The molecule has 3 heterocycles. The topological polar surface area (TPSA) is 165 Å². The summed E-state index contributed by atoms with van der Waals surface area (Å²) < 4.78 is 82.2. The van der Waals surface area contributed by atoms with Gasteiger partial charge in [0.25, 0.3) is 5.91 Å².